The zero-order valence-corrected chi connectivity index (χ0v) is 15.0. The molecule has 2 atom stereocenters. The lowest BCUT2D eigenvalue weighted by atomic mass is 10.1. The first-order chi connectivity index (χ1) is 9.84. The first-order valence-corrected chi connectivity index (χ1v) is 9.48. The van der Waals surface area contributed by atoms with E-state index in [1.54, 1.807) is 24.3 Å². The van der Waals surface area contributed by atoms with Gasteiger partial charge in [-0.15, -0.1) is 0 Å². The van der Waals surface area contributed by atoms with Gasteiger partial charge in [0.05, 0.1) is 4.90 Å². The Hall–Kier alpha value is -0.720. The lowest BCUT2D eigenvalue weighted by Crippen LogP contribution is -2.43. The Morgan fingerprint density at radius 1 is 1.24 bits per heavy atom. The number of hydrogen-bond donors (Lipinski definition) is 0. The molecule has 0 amide bonds. The normalized spacial score (nSPS) is 14.9. The van der Waals surface area contributed by atoms with Gasteiger partial charge in [-0.1, -0.05) is 40.5 Å². The van der Waals surface area contributed by atoms with Crippen molar-refractivity contribution in [3.63, 3.8) is 0 Å². The van der Waals surface area contributed by atoms with E-state index in [9.17, 15) is 13.2 Å². The maximum atomic E-state index is 12.8. The summed E-state index contributed by atoms with van der Waals surface area (Å²) in [5, 5.41) is 0.704. The molecular formula is C15H22BrNO3S. The molecule has 21 heavy (non-hydrogen) atoms. The van der Waals surface area contributed by atoms with Crippen molar-refractivity contribution in [2.24, 2.45) is 5.92 Å². The third-order valence-electron chi connectivity index (χ3n) is 3.62. The molecule has 118 valence electrons. The molecule has 0 aliphatic carbocycles. The largest absolute Gasteiger partial charge is 0.303 e. The minimum Gasteiger partial charge on any atom is -0.303 e. The van der Waals surface area contributed by atoms with Gasteiger partial charge in [-0.05, 0) is 31.9 Å². The molecule has 0 N–H and O–H groups in total. The van der Waals surface area contributed by atoms with E-state index in [0.717, 1.165) is 11.8 Å². The van der Waals surface area contributed by atoms with Crippen molar-refractivity contribution in [2.45, 2.75) is 38.1 Å². The zero-order valence-electron chi connectivity index (χ0n) is 12.6. The maximum absolute atomic E-state index is 12.8. The van der Waals surface area contributed by atoms with Gasteiger partial charge < -0.3 is 4.79 Å². The number of hydrogen-bond acceptors (Lipinski definition) is 3. The quantitative estimate of drug-likeness (QED) is 0.518. The Morgan fingerprint density at radius 3 is 2.29 bits per heavy atom. The van der Waals surface area contributed by atoms with Crippen molar-refractivity contribution in [3.8, 4) is 0 Å². The summed E-state index contributed by atoms with van der Waals surface area (Å²) in [6, 6.07) is 6.61. The van der Waals surface area contributed by atoms with E-state index in [-0.39, 0.29) is 29.8 Å². The summed E-state index contributed by atoms with van der Waals surface area (Å²) in [6.07, 6.45) is 0.952. The summed E-state index contributed by atoms with van der Waals surface area (Å²) < 4.78 is 27.0. The molecule has 2 unspecified atom stereocenters. The van der Waals surface area contributed by atoms with Gasteiger partial charge in [-0.2, -0.15) is 4.31 Å². The molecule has 0 heterocycles. The Bertz CT molecular complexity index is 557. The van der Waals surface area contributed by atoms with Gasteiger partial charge in [-0.3, -0.25) is 0 Å². The van der Waals surface area contributed by atoms with Crippen LogP contribution in [-0.2, 0) is 14.8 Å². The van der Waals surface area contributed by atoms with Crippen LogP contribution in [0, 0.1) is 12.8 Å². The minimum atomic E-state index is -3.59. The van der Waals surface area contributed by atoms with E-state index in [4.69, 9.17) is 0 Å². The van der Waals surface area contributed by atoms with Gasteiger partial charge in [0.2, 0.25) is 10.0 Å². The molecule has 1 aromatic rings. The first kappa shape index (κ1) is 18.3. The predicted molar refractivity (Wildman–Crippen MR) is 88.2 cm³/mol. The standard InChI is InChI=1S/C15H22BrNO3S/c1-12-5-7-15(8-6-12)21(19,20)17(9-4-10-18)14(3)13(2)11-16/h5-8,10,13-14H,4,9,11H2,1-3H3. The third kappa shape index (κ3) is 4.63. The molecule has 1 rings (SSSR count). The van der Waals surface area contributed by atoms with Gasteiger partial charge in [0.1, 0.15) is 6.29 Å². The van der Waals surface area contributed by atoms with Crippen molar-refractivity contribution in [3.05, 3.63) is 29.8 Å². The van der Waals surface area contributed by atoms with Crippen LogP contribution >= 0.6 is 15.9 Å². The summed E-state index contributed by atoms with van der Waals surface area (Å²) in [4.78, 5) is 10.9. The van der Waals surface area contributed by atoms with Gasteiger partial charge in [0.15, 0.2) is 0 Å². The Morgan fingerprint density at radius 2 is 1.81 bits per heavy atom. The fourth-order valence-corrected chi connectivity index (χ4v) is 4.26. The van der Waals surface area contributed by atoms with E-state index in [0.29, 0.717) is 5.33 Å². The molecule has 0 spiro atoms. The van der Waals surface area contributed by atoms with E-state index < -0.39 is 10.0 Å². The molecule has 0 aromatic heterocycles. The highest BCUT2D eigenvalue weighted by atomic mass is 79.9. The smallest absolute Gasteiger partial charge is 0.243 e. The summed E-state index contributed by atoms with van der Waals surface area (Å²) in [7, 11) is -3.59. The first-order valence-electron chi connectivity index (χ1n) is 6.92. The molecule has 4 nitrogen and oxygen atoms in total. The minimum absolute atomic E-state index is 0.150. The second kappa shape index (κ2) is 8.06. The number of aryl methyl sites for hydroxylation is 1. The van der Waals surface area contributed by atoms with E-state index in [1.165, 1.54) is 4.31 Å². The van der Waals surface area contributed by atoms with Crippen molar-refractivity contribution < 1.29 is 13.2 Å². The van der Waals surface area contributed by atoms with Crippen LogP contribution in [0.1, 0.15) is 25.8 Å². The van der Waals surface area contributed by atoms with Crippen molar-refractivity contribution >= 4 is 32.2 Å². The maximum Gasteiger partial charge on any atom is 0.243 e. The van der Waals surface area contributed by atoms with Crippen LogP contribution in [0.5, 0.6) is 0 Å². The number of carbonyl (C=O) groups excluding carboxylic acids is 1. The highest BCUT2D eigenvalue weighted by Gasteiger charge is 2.31. The van der Waals surface area contributed by atoms with Crippen molar-refractivity contribution in [1.82, 2.24) is 4.31 Å². The number of benzene rings is 1. The van der Waals surface area contributed by atoms with Crippen LogP contribution in [-0.4, -0.2) is 36.9 Å². The fraction of sp³-hybridized carbons (Fsp3) is 0.533. The van der Waals surface area contributed by atoms with Gasteiger partial charge in [0.25, 0.3) is 0 Å². The zero-order chi connectivity index (χ0) is 16.0. The van der Waals surface area contributed by atoms with Crippen LogP contribution in [0.4, 0.5) is 0 Å². The lowest BCUT2D eigenvalue weighted by Gasteiger charge is -2.31. The molecule has 0 saturated heterocycles. The Kier molecular flexibility index (Phi) is 7.03. The number of rotatable bonds is 8. The average Bonchev–Trinajstić information content (AvgIpc) is 2.46. The van der Waals surface area contributed by atoms with E-state index in [1.807, 2.05) is 20.8 Å². The van der Waals surface area contributed by atoms with Crippen molar-refractivity contribution in [1.29, 1.82) is 0 Å². The summed E-state index contributed by atoms with van der Waals surface area (Å²) >= 11 is 3.39. The third-order valence-corrected chi connectivity index (χ3v) is 6.64. The average molecular weight is 376 g/mol. The van der Waals surface area contributed by atoms with Crippen LogP contribution in [0.15, 0.2) is 29.2 Å². The molecule has 0 saturated carbocycles. The van der Waals surface area contributed by atoms with Crippen LogP contribution in [0.2, 0.25) is 0 Å². The predicted octanol–water partition coefficient (Wildman–Crippen LogP) is 2.99. The van der Waals surface area contributed by atoms with Crippen LogP contribution in [0.3, 0.4) is 0 Å². The fourth-order valence-electron chi connectivity index (χ4n) is 1.98. The van der Waals surface area contributed by atoms with E-state index in [2.05, 4.69) is 15.9 Å². The molecule has 0 radical (unpaired) electrons. The molecule has 0 aliphatic rings. The number of halogens is 1. The molecule has 0 fully saturated rings. The van der Waals surface area contributed by atoms with E-state index >= 15 is 0 Å². The molecule has 6 heteroatoms. The number of carbonyl (C=O) groups is 1. The van der Waals surface area contributed by atoms with Gasteiger partial charge in [-0.25, -0.2) is 8.42 Å². The number of alkyl halides is 1. The highest BCUT2D eigenvalue weighted by molar-refractivity contribution is 9.09. The molecular weight excluding hydrogens is 354 g/mol. The second-order valence-electron chi connectivity index (χ2n) is 5.26. The number of sulfonamides is 1. The van der Waals surface area contributed by atoms with Gasteiger partial charge in [0, 0.05) is 24.3 Å². The van der Waals surface area contributed by atoms with Crippen molar-refractivity contribution in [2.75, 3.05) is 11.9 Å². The summed E-state index contributed by atoms with van der Waals surface area (Å²) in [5.74, 6) is 0.150. The summed E-state index contributed by atoms with van der Waals surface area (Å²) in [6.45, 7) is 5.98. The SMILES string of the molecule is Cc1ccc(S(=O)(=O)N(CCC=O)C(C)C(C)CBr)cc1. The topological polar surface area (TPSA) is 54.5 Å². The van der Waals surface area contributed by atoms with Crippen LogP contribution < -0.4 is 0 Å². The Balaban J connectivity index is 3.16. The number of aldehydes is 1. The molecule has 1 aromatic carbocycles. The highest BCUT2D eigenvalue weighted by Crippen LogP contribution is 2.23. The Labute approximate surface area is 135 Å². The molecule has 0 aliphatic heterocycles. The van der Waals surface area contributed by atoms with Gasteiger partial charge >= 0.3 is 0 Å². The summed E-state index contributed by atoms with van der Waals surface area (Å²) in [5.41, 5.74) is 1.01. The lowest BCUT2D eigenvalue weighted by molar-refractivity contribution is -0.108. The monoisotopic (exact) mass is 375 g/mol. The second-order valence-corrected chi connectivity index (χ2v) is 7.79. The van der Waals surface area contributed by atoms with Crippen LogP contribution in [0.25, 0.3) is 0 Å². The molecule has 0 bridgehead atoms. The number of nitrogens with zero attached hydrogens (tertiary/aromatic N) is 1.